The summed E-state index contributed by atoms with van der Waals surface area (Å²) < 4.78 is 11.4. The van der Waals surface area contributed by atoms with Crippen molar-refractivity contribution >= 4 is 35.3 Å². The van der Waals surface area contributed by atoms with E-state index in [0.29, 0.717) is 17.3 Å². The Labute approximate surface area is 334 Å². The molecule has 0 fully saturated rings. The molecular formula is C44H55N5O6S. The van der Waals surface area contributed by atoms with E-state index in [1.54, 1.807) is 17.3 Å². The number of ether oxygens (including phenoxy) is 2. The summed E-state index contributed by atoms with van der Waals surface area (Å²) in [4.78, 5) is 59.3. The van der Waals surface area contributed by atoms with Gasteiger partial charge < -0.3 is 30.7 Å². The number of rotatable bonds is 17. The predicted octanol–water partition coefficient (Wildman–Crippen LogP) is 8.10. The Bertz CT molecular complexity index is 1920. The van der Waals surface area contributed by atoms with Gasteiger partial charge in [0.25, 0.3) is 5.91 Å². The standard InChI is InChI=1S/C44H55N5O6S/c1-26(2)21-30(22-29-15-9-8-10-16-29)46-40(50)36-25-56-41(47-36)38(55-43(45)52)23-37(27(3)4)49(7)42(51)39(28(5)6)48-44(53)54-24-35-33-19-13-11-17-31(33)32-18-12-14-20-34(32)35/h8-20,25-28,30,35,37-39H,21-24H2,1-7H3,(H2,45,52)(H,46,50)(H,48,53)/t30-,37-,38-,39+/m1/s1. The zero-order chi connectivity index (χ0) is 40.5. The fourth-order valence-corrected chi connectivity index (χ4v) is 8.40. The summed E-state index contributed by atoms with van der Waals surface area (Å²) in [5.74, 6) is -0.761. The average molecular weight is 782 g/mol. The molecule has 0 radical (unpaired) electrons. The zero-order valence-corrected chi connectivity index (χ0v) is 34.2. The summed E-state index contributed by atoms with van der Waals surface area (Å²) in [5, 5.41) is 8.00. The van der Waals surface area contributed by atoms with E-state index in [-0.39, 0.29) is 54.3 Å². The SMILES string of the molecule is CC(C)C[C@H](Cc1ccccc1)NC(=O)c1csc([C@@H](C[C@H](C(C)C)N(C)C(=O)[C@@H](NC(=O)OCC2c3ccccc3-c3ccccc32)C(C)C)OC(N)=O)n1. The molecule has 1 aliphatic rings. The summed E-state index contributed by atoms with van der Waals surface area (Å²) in [5.41, 5.74) is 11.3. The Hall–Kier alpha value is -5.23. The van der Waals surface area contributed by atoms with Crippen LogP contribution >= 0.6 is 11.3 Å². The second-order valence-corrected chi connectivity index (χ2v) is 16.6. The molecule has 3 aromatic carbocycles. The van der Waals surface area contributed by atoms with Gasteiger partial charge in [-0.2, -0.15) is 0 Å². The molecule has 0 spiro atoms. The van der Waals surface area contributed by atoms with Crippen molar-refractivity contribution in [3.05, 3.63) is 112 Å². The van der Waals surface area contributed by atoms with Gasteiger partial charge in [0.2, 0.25) is 5.91 Å². The number of hydrogen-bond donors (Lipinski definition) is 3. The number of likely N-dealkylation sites (N-methyl/N-ethyl adjacent to an activating group) is 1. The molecular weight excluding hydrogens is 727 g/mol. The minimum Gasteiger partial charge on any atom is -0.449 e. The third-order valence-corrected chi connectivity index (χ3v) is 11.3. The lowest BCUT2D eigenvalue weighted by Crippen LogP contribution is -2.54. The smallest absolute Gasteiger partial charge is 0.407 e. The molecule has 0 bridgehead atoms. The van der Waals surface area contributed by atoms with Crippen molar-refractivity contribution in [3.8, 4) is 11.1 Å². The number of primary amides is 1. The maximum Gasteiger partial charge on any atom is 0.407 e. The van der Waals surface area contributed by atoms with Gasteiger partial charge in [-0.1, -0.05) is 120 Å². The average Bonchev–Trinajstić information content (AvgIpc) is 3.78. The first kappa shape index (κ1) is 41.9. The van der Waals surface area contributed by atoms with E-state index < -0.39 is 30.4 Å². The van der Waals surface area contributed by atoms with Crippen LogP contribution in [-0.2, 0) is 20.7 Å². The lowest BCUT2D eigenvalue weighted by Gasteiger charge is -2.36. The third kappa shape index (κ3) is 10.5. The van der Waals surface area contributed by atoms with Crippen molar-refractivity contribution in [3.63, 3.8) is 0 Å². The minimum atomic E-state index is -0.996. The van der Waals surface area contributed by atoms with Crippen LogP contribution < -0.4 is 16.4 Å². The van der Waals surface area contributed by atoms with Gasteiger partial charge in [0, 0.05) is 36.9 Å². The highest BCUT2D eigenvalue weighted by Crippen LogP contribution is 2.44. The monoisotopic (exact) mass is 781 g/mol. The summed E-state index contributed by atoms with van der Waals surface area (Å²) in [7, 11) is 1.67. The molecule has 4 N–H and O–H groups in total. The fourth-order valence-electron chi connectivity index (χ4n) is 7.56. The fraction of sp³-hybridized carbons (Fsp3) is 0.432. The lowest BCUT2D eigenvalue weighted by molar-refractivity contribution is -0.136. The molecule has 4 amide bonds. The Kier molecular flexibility index (Phi) is 14.3. The first-order valence-corrected chi connectivity index (χ1v) is 20.3. The summed E-state index contributed by atoms with van der Waals surface area (Å²) in [6.07, 6.45) is -0.975. The van der Waals surface area contributed by atoms with Crippen molar-refractivity contribution in [2.45, 2.75) is 91.0 Å². The van der Waals surface area contributed by atoms with E-state index in [0.717, 1.165) is 34.2 Å². The van der Waals surface area contributed by atoms with Crippen LogP contribution in [0.15, 0.2) is 84.2 Å². The highest BCUT2D eigenvalue weighted by atomic mass is 32.1. The van der Waals surface area contributed by atoms with Gasteiger partial charge in [-0.25, -0.2) is 14.6 Å². The van der Waals surface area contributed by atoms with Gasteiger partial charge in [0.05, 0.1) is 0 Å². The zero-order valence-electron chi connectivity index (χ0n) is 33.4. The van der Waals surface area contributed by atoms with E-state index in [2.05, 4.69) is 53.7 Å². The Morgan fingerprint density at radius 1 is 0.821 bits per heavy atom. The molecule has 298 valence electrons. The first-order chi connectivity index (χ1) is 26.7. The molecule has 12 heteroatoms. The van der Waals surface area contributed by atoms with E-state index in [1.165, 1.54) is 11.3 Å². The second kappa shape index (κ2) is 19.1. The number of alkyl carbamates (subject to hydrolysis) is 1. The van der Waals surface area contributed by atoms with Crippen LogP contribution in [0, 0.1) is 17.8 Å². The Morgan fingerprint density at radius 3 is 2.00 bits per heavy atom. The van der Waals surface area contributed by atoms with Gasteiger partial charge in [0.1, 0.15) is 23.4 Å². The van der Waals surface area contributed by atoms with Crippen LogP contribution in [-0.4, -0.2) is 65.7 Å². The number of thiazole rings is 1. The maximum atomic E-state index is 14.2. The molecule has 0 saturated carbocycles. The quantitative estimate of drug-likeness (QED) is 0.0979. The highest BCUT2D eigenvalue weighted by Gasteiger charge is 2.36. The molecule has 1 heterocycles. The largest absolute Gasteiger partial charge is 0.449 e. The molecule has 5 rings (SSSR count). The van der Waals surface area contributed by atoms with Crippen molar-refractivity contribution < 1.29 is 28.7 Å². The van der Waals surface area contributed by atoms with E-state index >= 15 is 0 Å². The van der Waals surface area contributed by atoms with Crippen molar-refractivity contribution in [2.24, 2.45) is 23.5 Å². The van der Waals surface area contributed by atoms with Gasteiger partial charge in [-0.15, -0.1) is 11.3 Å². The first-order valence-electron chi connectivity index (χ1n) is 19.4. The summed E-state index contributed by atoms with van der Waals surface area (Å²) in [6, 6.07) is 24.8. The topological polar surface area (TPSA) is 153 Å². The highest BCUT2D eigenvalue weighted by molar-refractivity contribution is 7.09. The molecule has 1 aromatic heterocycles. The number of nitrogens with one attached hydrogen (secondary N) is 2. The van der Waals surface area contributed by atoms with E-state index in [1.807, 2.05) is 82.3 Å². The maximum absolute atomic E-state index is 14.2. The number of hydrogen-bond acceptors (Lipinski definition) is 8. The molecule has 11 nitrogen and oxygen atoms in total. The van der Waals surface area contributed by atoms with Crippen molar-refractivity contribution in [1.29, 1.82) is 0 Å². The summed E-state index contributed by atoms with van der Waals surface area (Å²) in [6.45, 7) is 12.0. The van der Waals surface area contributed by atoms with Crippen LogP contribution in [0.1, 0.15) is 98.6 Å². The number of carbonyl (C=O) groups excluding carboxylic acids is 4. The van der Waals surface area contributed by atoms with Gasteiger partial charge >= 0.3 is 12.2 Å². The number of aromatic nitrogens is 1. The van der Waals surface area contributed by atoms with Gasteiger partial charge in [-0.3, -0.25) is 9.59 Å². The van der Waals surface area contributed by atoms with Crippen LogP contribution in [0.5, 0.6) is 0 Å². The molecule has 56 heavy (non-hydrogen) atoms. The van der Waals surface area contributed by atoms with Gasteiger partial charge in [0.15, 0.2) is 6.10 Å². The molecule has 4 aromatic rings. The predicted molar refractivity (Wildman–Crippen MR) is 219 cm³/mol. The number of nitrogens with two attached hydrogens (primary N) is 1. The molecule has 4 atom stereocenters. The lowest BCUT2D eigenvalue weighted by atomic mass is 9.94. The van der Waals surface area contributed by atoms with Crippen molar-refractivity contribution in [2.75, 3.05) is 13.7 Å². The molecule has 0 unspecified atom stereocenters. The van der Waals surface area contributed by atoms with Crippen LogP contribution in [0.25, 0.3) is 11.1 Å². The number of fused-ring (bicyclic) bond motifs is 3. The Balaban J connectivity index is 1.25. The Morgan fingerprint density at radius 2 is 1.43 bits per heavy atom. The second-order valence-electron chi connectivity index (χ2n) is 15.7. The number of nitrogens with zero attached hydrogens (tertiary/aromatic N) is 2. The van der Waals surface area contributed by atoms with Crippen LogP contribution in [0.3, 0.4) is 0 Å². The number of benzene rings is 3. The summed E-state index contributed by atoms with van der Waals surface area (Å²) >= 11 is 1.19. The van der Waals surface area contributed by atoms with Gasteiger partial charge in [-0.05, 0) is 58.4 Å². The molecule has 0 saturated heterocycles. The third-order valence-electron chi connectivity index (χ3n) is 10.3. The van der Waals surface area contributed by atoms with E-state index in [9.17, 15) is 19.2 Å². The minimum absolute atomic E-state index is 0.0947. The molecule has 0 aliphatic heterocycles. The van der Waals surface area contributed by atoms with Crippen LogP contribution in [0.4, 0.5) is 9.59 Å². The normalized spacial score (nSPS) is 14.4. The number of amides is 4. The van der Waals surface area contributed by atoms with Crippen molar-refractivity contribution in [1.82, 2.24) is 20.5 Å². The van der Waals surface area contributed by atoms with Crippen LogP contribution in [0.2, 0.25) is 0 Å². The van der Waals surface area contributed by atoms with E-state index in [4.69, 9.17) is 15.2 Å². The number of carbonyl (C=O) groups is 4. The molecule has 1 aliphatic carbocycles.